The summed E-state index contributed by atoms with van der Waals surface area (Å²) in [6, 6.07) is 9.19. The third kappa shape index (κ3) is 4.32. The minimum absolute atomic E-state index is 0.0739. The number of hydrogen-bond donors (Lipinski definition) is 1. The first-order valence-corrected chi connectivity index (χ1v) is 10.3. The van der Waals surface area contributed by atoms with Crippen molar-refractivity contribution in [2.24, 2.45) is 0 Å². The summed E-state index contributed by atoms with van der Waals surface area (Å²) in [5.74, 6) is 0.811. The molecular weight excluding hydrogens is 336 g/mol. The van der Waals surface area contributed by atoms with Crippen LogP contribution in [0.25, 0.3) is 0 Å². The summed E-state index contributed by atoms with van der Waals surface area (Å²) >= 11 is 0. The van der Waals surface area contributed by atoms with Gasteiger partial charge in [0.15, 0.2) is 0 Å². The fourth-order valence-electron chi connectivity index (χ4n) is 3.38. The van der Waals surface area contributed by atoms with E-state index >= 15 is 0 Å². The van der Waals surface area contributed by atoms with Gasteiger partial charge in [-0.05, 0) is 69.1 Å². The number of hydrogen-bond acceptors (Lipinski definition) is 4. The number of rotatable bonds is 6. The van der Waals surface area contributed by atoms with Gasteiger partial charge in [0.05, 0.1) is 17.2 Å². The third-order valence-electron chi connectivity index (χ3n) is 4.80. The quantitative estimate of drug-likeness (QED) is 0.855. The zero-order valence-electron chi connectivity index (χ0n) is 14.9. The SMILES string of the molecule is Cc1ccc(C)c(S(=O)(=O)NCC(c2ccco2)N2CCCCC2)c1. The summed E-state index contributed by atoms with van der Waals surface area (Å²) in [4.78, 5) is 2.66. The number of furan rings is 1. The second kappa shape index (κ2) is 7.72. The fourth-order valence-corrected chi connectivity index (χ4v) is 4.75. The fraction of sp³-hybridized carbons (Fsp3) is 0.474. The molecule has 1 atom stereocenters. The molecule has 0 bridgehead atoms. The van der Waals surface area contributed by atoms with Crippen molar-refractivity contribution in [1.29, 1.82) is 0 Å². The monoisotopic (exact) mass is 362 g/mol. The van der Waals surface area contributed by atoms with Crippen LogP contribution in [-0.4, -0.2) is 33.0 Å². The van der Waals surface area contributed by atoms with Crippen molar-refractivity contribution >= 4 is 10.0 Å². The lowest BCUT2D eigenvalue weighted by molar-refractivity contribution is 0.147. The van der Waals surface area contributed by atoms with Crippen LogP contribution in [0.2, 0.25) is 0 Å². The van der Waals surface area contributed by atoms with Gasteiger partial charge in [-0.2, -0.15) is 0 Å². The smallest absolute Gasteiger partial charge is 0.240 e. The average molecular weight is 362 g/mol. The summed E-state index contributed by atoms with van der Waals surface area (Å²) in [5, 5.41) is 0. The summed E-state index contributed by atoms with van der Waals surface area (Å²) in [6.07, 6.45) is 5.16. The molecule has 6 heteroatoms. The predicted molar refractivity (Wildman–Crippen MR) is 98.0 cm³/mol. The highest BCUT2D eigenvalue weighted by Gasteiger charge is 2.27. The van der Waals surface area contributed by atoms with Gasteiger partial charge in [0.25, 0.3) is 0 Å². The van der Waals surface area contributed by atoms with Crippen molar-refractivity contribution in [3.63, 3.8) is 0 Å². The van der Waals surface area contributed by atoms with Crippen LogP contribution in [0.3, 0.4) is 0 Å². The van der Waals surface area contributed by atoms with E-state index in [4.69, 9.17) is 4.42 Å². The molecule has 1 saturated heterocycles. The maximum Gasteiger partial charge on any atom is 0.240 e. The summed E-state index contributed by atoms with van der Waals surface area (Å²) < 4.78 is 34.0. The van der Waals surface area contributed by atoms with Crippen LogP contribution in [0.5, 0.6) is 0 Å². The molecule has 1 N–H and O–H groups in total. The van der Waals surface area contributed by atoms with Gasteiger partial charge >= 0.3 is 0 Å². The summed E-state index contributed by atoms with van der Waals surface area (Å²) in [7, 11) is -3.56. The Kier molecular flexibility index (Phi) is 5.61. The first-order chi connectivity index (χ1) is 12.0. The number of benzene rings is 1. The van der Waals surface area contributed by atoms with E-state index in [1.807, 2.05) is 38.1 Å². The van der Waals surface area contributed by atoms with Gasteiger partial charge in [-0.15, -0.1) is 0 Å². The van der Waals surface area contributed by atoms with Crippen LogP contribution in [0, 0.1) is 13.8 Å². The van der Waals surface area contributed by atoms with Crippen molar-refractivity contribution in [1.82, 2.24) is 9.62 Å². The van der Waals surface area contributed by atoms with Crippen LogP contribution in [0.1, 0.15) is 42.2 Å². The zero-order chi connectivity index (χ0) is 17.9. The minimum Gasteiger partial charge on any atom is -0.468 e. The van der Waals surface area contributed by atoms with E-state index in [1.54, 1.807) is 12.3 Å². The van der Waals surface area contributed by atoms with Crippen LogP contribution >= 0.6 is 0 Å². The van der Waals surface area contributed by atoms with Gasteiger partial charge in [-0.25, -0.2) is 13.1 Å². The molecule has 1 aromatic heterocycles. The van der Waals surface area contributed by atoms with Crippen molar-refractivity contribution < 1.29 is 12.8 Å². The summed E-state index contributed by atoms with van der Waals surface area (Å²) in [6.45, 7) is 5.97. The first-order valence-electron chi connectivity index (χ1n) is 8.82. The van der Waals surface area contributed by atoms with E-state index in [1.165, 1.54) is 6.42 Å². The standard InChI is InChI=1S/C19H26N2O3S/c1-15-8-9-16(2)19(13-15)25(22,23)20-14-17(18-7-6-12-24-18)21-10-4-3-5-11-21/h6-9,12-13,17,20H,3-5,10-11,14H2,1-2H3. The van der Waals surface area contributed by atoms with Gasteiger partial charge in [0, 0.05) is 6.54 Å². The highest BCUT2D eigenvalue weighted by molar-refractivity contribution is 7.89. The Bertz CT molecular complexity index is 794. The molecule has 1 fully saturated rings. The maximum absolute atomic E-state index is 12.8. The van der Waals surface area contributed by atoms with Crippen LogP contribution in [0.4, 0.5) is 0 Å². The van der Waals surface area contributed by atoms with E-state index < -0.39 is 10.0 Å². The molecule has 0 saturated carbocycles. The van der Waals surface area contributed by atoms with E-state index in [9.17, 15) is 8.42 Å². The van der Waals surface area contributed by atoms with E-state index in [0.29, 0.717) is 11.4 Å². The highest BCUT2D eigenvalue weighted by Crippen LogP contribution is 2.25. The van der Waals surface area contributed by atoms with Crippen molar-refractivity contribution in [2.45, 2.75) is 44.0 Å². The van der Waals surface area contributed by atoms with Crippen molar-refractivity contribution in [3.05, 3.63) is 53.5 Å². The zero-order valence-corrected chi connectivity index (χ0v) is 15.7. The van der Waals surface area contributed by atoms with Crippen LogP contribution in [0.15, 0.2) is 45.9 Å². The Labute approximate surface area is 150 Å². The largest absolute Gasteiger partial charge is 0.468 e. The second-order valence-electron chi connectivity index (χ2n) is 6.75. The Hall–Kier alpha value is -1.63. The first kappa shape index (κ1) is 18.2. The topological polar surface area (TPSA) is 62.6 Å². The van der Waals surface area contributed by atoms with Crippen molar-refractivity contribution in [2.75, 3.05) is 19.6 Å². The van der Waals surface area contributed by atoms with Crippen LogP contribution < -0.4 is 4.72 Å². The molecule has 25 heavy (non-hydrogen) atoms. The van der Waals surface area contributed by atoms with E-state index in [2.05, 4.69) is 9.62 Å². The maximum atomic E-state index is 12.8. The number of aryl methyl sites for hydroxylation is 2. The number of nitrogens with zero attached hydrogens (tertiary/aromatic N) is 1. The number of nitrogens with one attached hydrogen (secondary N) is 1. The molecule has 1 aliphatic rings. The lowest BCUT2D eigenvalue weighted by atomic mass is 10.1. The lowest BCUT2D eigenvalue weighted by Crippen LogP contribution is -2.40. The molecule has 0 amide bonds. The molecule has 2 aromatic rings. The molecule has 5 nitrogen and oxygen atoms in total. The molecule has 0 spiro atoms. The van der Waals surface area contributed by atoms with Gasteiger partial charge in [-0.1, -0.05) is 18.6 Å². The van der Waals surface area contributed by atoms with Gasteiger partial charge < -0.3 is 4.42 Å². The molecule has 1 unspecified atom stereocenters. The Morgan fingerprint density at radius 3 is 2.60 bits per heavy atom. The molecule has 1 aromatic carbocycles. The Balaban J connectivity index is 1.79. The third-order valence-corrected chi connectivity index (χ3v) is 6.37. The van der Waals surface area contributed by atoms with Gasteiger partial charge in [0.2, 0.25) is 10.0 Å². The predicted octanol–water partition coefficient (Wildman–Crippen LogP) is 3.40. The molecule has 1 aliphatic heterocycles. The van der Waals surface area contributed by atoms with Gasteiger partial charge in [-0.3, -0.25) is 4.90 Å². The average Bonchev–Trinajstić information content (AvgIpc) is 3.12. The van der Waals surface area contributed by atoms with E-state index in [0.717, 1.165) is 42.8 Å². The number of likely N-dealkylation sites (tertiary alicyclic amines) is 1. The molecular formula is C19H26N2O3S. The minimum atomic E-state index is -3.56. The Morgan fingerprint density at radius 2 is 1.92 bits per heavy atom. The molecule has 0 aliphatic carbocycles. The van der Waals surface area contributed by atoms with E-state index in [-0.39, 0.29) is 6.04 Å². The summed E-state index contributed by atoms with van der Waals surface area (Å²) in [5.41, 5.74) is 1.69. The number of piperidine rings is 1. The lowest BCUT2D eigenvalue weighted by Gasteiger charge is -2.33. The number of sulfonamides is 1. The Morgan fingerprint density at radius 1 is 1.16 bits per heavy atom. The highest BCUT2D eigenvalue weighted by atomic mass is 32.2. The molecule has 136 valence electrons. The van der Waals surface area contributed by atoms with Crippen molar-refractivity contribution in [3.8, 4) is 0 Å². The normalized spacial score (nSPS) is 17.5. The molecule has 3 rings (SSSR count). The molecule has 2 heterocycles. The molecule has 0 radical (unpaired) electrons. The second-order valence-corrected chi connectivity index (χ2v) is 8.48. The van der Waals surface area contributed by atoms with Gasteiger partial charge in [0.1, 0.15) is 5.76 Å². The van der Waals surface area contributed by atoms with Crippen LogP contribution in [-0.2, 0) is 10.0 Å².